The Morgan fingerprint density at radius 2 is 1.63 bits per heavy atom. The predicted octanol–water partition coefficient (Wildman–Crippen LogP) is 3.81. The van der Waals surface area contributed by atoms with E-state index >= 15 is 0 Å². The summed E-state index contributed by atoms with van der Waals surface area (Å²) >= 11 is 0. The van der Waals surface area contributed by atoms with Crippen molar-refractivity contribution in [1.82, 2.24) is 5.32 Å². The van der Waals surface area contributed by atoms with Crippen molar-refractivity contribution in [2.24, 2.45) is 11.7 Å². The maximum atomic E-state index is 12.6. The number of rotatable bonds is 8. The average Bonchev–Trinajstić information content (AvgIpc) is 2.78. The van der Waals surface area contributed by atoms with E-state index in [2.05, 4.69) is 5.32 Å². The monoisotopic (exact) mass is 399 g/mol. The third-order valence-corrected chi connectivity index (χ3v) is 5.14. The Kier molecular flexibility index (Phi) is 6.75. The van der Waals surface area contributed by atoms with Gasteiger partial charge in [-0.2, -0.15) is 0 Å². The largest absolute Gasteiger partial charge is 0.384 e. The van der Waals surface area contributed by atoms with Gasteiger partial charge in [0, 0.05) is 23.1 Å². The van der Waals surface area contributed by atoms with Crippen LogP contribution in [0, 0.1) is 11.3 Å². The van der Waals surface area contributed by atoms with Crippen molar-refractivity contribution in [3.8, 4) is 11.1 Å². The summed E-state index contributed by atoms with van der Waals surface area (Å²) in [5.74, 6) is -0.619. The van der Waals surface area contributed by atoms with Crippen molar-refractivity contribution in [1.29, 1.82) is 5.41 Å². The quantitative estimate of drug-likeness (QED) is 0.305. The van der Waals surface area contributed by atoms with E-state index < -0.39 is 0 Å². The van der Waals surface area contributed by atoms with Gasteiger partial charge in [0.15, 0.2) is 0 Å². The van der Waals surface area contributed by atoms with Crippen LogP contribution >= 0.6 is 0 Å². The Bertz CT molecular complexity index is 1030. The van der Waals surface area contributed by atoms with E-state index in [4.69, 9.17) is 11.1 Å². The van der Waals surface area contributed by atoms with Gasteiger partial charge in [-0.3, -0.25) is 10.2 Å². The zero-order valence-electron chi connectivity index (χ0n) is 16.8. The molecule has 0 radical (unpaired) electrons. The average molecular weight is 399 g/mol. The lowest BCUT2D eigenvalue weighted by molar-refractivity contribution is -0.111. The number of amidine groups is 1. The van der Waals surface area contributed by atoms with Gasteiger partial charge in [-0.1, -0.05) is 60.7 Å². The second-order valence-electron chi connectivity index (χ2n) is 7.32. The van der Waals surface area contributed by atoms with Crippen LogP contribution in [0.3, 0.4) is 0 Å². The molecule has 0 bridgehead atoms. The number of carbonyl (C=O) groups is 2. The fourth-order valence-electron chi connectivity index (χ4n) is 3.32. The lowest BCUT2D eigenvalue weighted by atomic mass is 9.93. The molecule has 5 nitrogen and oxygen atoms in total. The van der Waals surface area contributed by atoms with Crippen LogP contribution in [-0.2, 0) is 11.2 Å². The Labute approximate surface area is 176 Å². The second-order valence-corrected chi connectivity index (χ2v) is 7.32. The SMILES string of the molecule is CC(NC(=O)c1ccc(-c2ccccc2)cc1)C(C=O)Cc1cccc(C(=N)N)c1. The maximum absolute atomic E-state index is 12.6. The lowest BCUT2D eigenvalue weighted by Crippen LogP contribution is -2.39. The maximum Gasteiger partial charge on any atom is 0.251 e. The molecule has 0 aliphatic carbocycles. The summed E-state index contributed by atoms with van der Waals surface area (Å²) < 4.78 is 0. The zero-order valence-corrected chi connectivity index (χ0v) is 16.8. The summed E-state index contributed by atoms with van der Waals surface area (Å²) in [6, 6.07) is 24.3. The van der Waals surface area contributed by atoms with Gasteiger partial charge < -0.3 is 15.8 Å². The number of hydrogen-bond acceptors (Lipinski definition) is 3. The first-order valence-corrected chi connectivity index (χ1v) is 9.83. The smallest absolute Gasteiger partial charge is 0.251 e. The van der Waals surface area contributed by atoms with Gasteiger partial charge >= 0.3 is 0 Å². The molecular weight excluding hydrogens is 374 g/mol. The van der Waals surface area contributed by atoms with E-state index in [-0.39, 0.29) is 23.7 Å². The number of aldehydes is 1. The summed E-state index contributed by atoms with van der Waals surface area (Å²) in [5, 5.41) is 10.5. The van der Waals surface area contributed by atoms with Gasteiger partial charge in [-0.25, -0.2) is 0 Å². The summed E-state index contributed by atoms with van der Waals surface area (Å²) in [6.45, 7) is 1.82. The molecule has 2 unspecified atom stereocenters. The molecule has 5 heteroatoms. The van der Waals surface area contributed by atoms with Gasteiger partial charge in [0.25, 0.3) is 5.91 Å². The minimum atomic E-state index is -0.389. The molecule has 1 amide bonds. The van der Waals surface area contributed by atoms with Gasteiger partial charge in [0.2, 0.25) is 0 Å². The van der Waals surface area contributed by atoms with Gasteiger partial charge in [0.1, 0.15) is 12.1 Å². The second kappa shape index (κ2) is 9.65. The van der Waals surface area contributed by atoms with Crippen molar-refractivity contribution >= 4 is 18.0 Å². The van der Waals surface area contributed by atoms with Crippen LogP contribution in [0.25, 0.3) is 11.1 Å². The van der Waals surface area contributed by atoms with Gasteiger partial charge in [0.05, 0.1) is 0 Å². The number of nitrogen functional groups attached to an aromatic ring is 1. The first-order valence-electron chi connectivity index (χ1n) is 9.83. The number of amides is 1. The molecule has 0 aliphatic rings. The summed E-state index contributed by atoms with van der Waals surface area (Å²) in [5.41, 5.74) is 9.73. The van der Waals surface area contributed by atoms with Crippen LogP contribution < -0.4 is 11.1 Å². The predicted molar refractivity (Wildman–Crippen MR) is 120 cm³/mol. The number of benzene rings is 3. The van der Waals surface area contributed by atoms with E-state index in [1.807, 2.05) is 61.5 Å². The molecule has 0 aromatic heterocycles. The van der Waals surface area contributed by atoms with Crippen LogP contribution in [0.4, 0.5) is 0 Å². The Balaban J connectivity index is 1.65. The standard InChI is InChI=1S/C25H25N3O2/c1-17(23(16-29)15-18-6-5-9-22(14-18)24(26)27)28-25(30)21-12-10-20(11-13-21)19-7-3-2-4-8-19/h2-14,16-17,23H,15H2,1H3,(H3,26,27)(H,28,30). The van der Waals surface area contributed by atoms with Crippen molar-refractivity contribution in [2.45, 2.75) is 19.4 Å². The van der Waals surface area contributed by atoms with Crippen LogP contribution in [0.2, 0.25) is 0 Å². The van der Waals surface area contributed by atoms with Crippen molar-refractivity contribution in [3.63, 3.8) is 0 Å². The summed E-state index contributed by atoms with van der Waals surface area (Å²) in [6.07, 6.45) is 1.32. The molecule has 0 saturated carbocycles. The van der Waals surface area contributed by atoms with E-state index in [1.165, 1.54) is 0 Å². The Hall–Kier alpha value is -3.73. The molecule has 0 fully saturated rings. The van der Waals surface area contributed by atoms with Crippen molar-refractivity contribution in [2.75, 3.05) is 0 Å². The van der Waals surface area contributed by atoms with Gasteiger partial charge in [-0.05, 0) is 48.2 Å². The highest BCUT2D eigenvalue weighted by Gasteiger charge is 2.20. The summed E-state index contributed by atoms with van der Waals surface area (Å²) in [4.78, 5) is 24.3. The molecule has 0 saturated heterocycles. The van der Waals surface area contributed by atoms with Gasteiger partial charge in [-0.15, -0.1) is 0 Å². The van der Waals surface area contributed by atoms with E-state index in [1.54, 1.807) is 24.3 Å². The number of hydrogen-bond donors (Lipinski definition) is 3. The minimum Gasteiger partial charge on any atom is -0.384 e. The normalized spacial score (nSPS) is 12.6. The minimum absolute atomic E-state index is 0.0141. The molecule has 4 N–H and O–H groups in total. The van der Waals surface area contributed by atoms with Crippen LogP contribution in [-0.4, -0.2) is 24.1 Å². The number of carbonyl (C=O) groups excluding carboxylic acids is 2. The molecule has 0 aliphatic heterocycles. The van der Waals surface area contributed by atoms with Crippen LogP contribution in [0.15, 0.2) is 78.9 Å². The third-order valence-electron chi connectivity index (χ3n) is 5.14. The van der Waals surface area contributed by atoms with Crippen molar-refractivity contribution in [3.05, 3.63) is 95.6 Å². The van der Waals surface area contributed by atoms with E-state index in [9.17, 15) is 9.59 Å². The number of nitrogens with two attached hydrogens (primary N) is 1. The highest BCUT2D eigenvalue weighted by Crippen LogP contribution is 2.19. The first-order chi connectivity index (χ1) is 14.5. The molecule has 0 heterocycles. The van der Waals surface area contributed by atoms with Crippen LogP contribution in [0.5, 0.6) is 0 Å². The highest BCUT2D eigenvalue weighted by molar-refractivity contribution is 5.95. The first kappa shape index (κ1) is 21.0. The lowest BCUT2D eigenvalue weighted by Gasteiger charge is -2.21. The fraction of sp³-hybridized carbons (Fsp3) is 0.160. The molecule has 3 rings (SSSR count). The third kappa shape index (κ3) is 5.20. The topological polar surface area (TPSA) is 96.0 Å². The molecular formula is C25H25N3O2. The molecule has 152 valence electrons. The molecule has 30 heavy (non-hydrogen) atoms. The Morgan fingerprint density at radius 3 is 2.27 bits per heavy atom. The molecule has 3 aromatic rings. The highest BCUT2D eigenvalue weighted by atomic mass is 16.1. The zero-order chi connectivity index (χ0) is 21.5. The van der Waals surface area contributed by atoms with Crippen molar-refractivity contribution < 1.29 is 9.59 Å². The molecule has 2 atom stereocenters. The Morgan fingerprint density at radius 1 is 0.967 bits per heavy atom. The molecule has 3 aromatic carbocycles. The van der Waals surface area contributed by atoms with Crippen LogP contribution in [0.1, 0.15) is 28.4 Å². The summed E-state index contributed by atoms with van der Waals surface area (Å²) in [7, 11) is 0. The van der Waals surface area contributed by atoms with E-state index in [0.29, 0.717) is 17.5 Å². The van der Waals surface area contributed by atoms with E-state index in [0.717, 1.165) is 23.0 Å². The molecule has 0 spiro atoms. The number of nitrogens with one attached hydrogen (secondary N) is 2. The fourth-order valence-corrected chi connectivity index (χ4v) is 3.32.